The lowest BCUT2D eigenvalue weighted by atomic mass is 10.2. The fourth-order valence-corrected chi connectivity index (χ4v) is 1.12. The molecule has 0 saturated carbocycles. The number of carboxylic acid groups (broad SMARTS) is 1. The molecule has 0 aromatic carbocycles. The molecule has 0 aliphatic heterocycles. The van der Waals surface area contributed by atoms with E-state index >= 15 is 0 Å². The van der Waals surface area contributed by atoms with Crippen LogP contribution < -0.4 is 0 Å². The number of ether oxygens (including phenoxy) is 1. The van der Waals surface area contributed by atoms with Gasteiger partial charge in [0.25, 0.3) is 0 Å². The van der Waals surface area contributed by atoms with E-state index in [9.17, 15) is 4.79 Å². The second-order valence-electron chi connectivity index (χ2n) is 2.65. The van der Waals surface area contributed by atoms with E-state index in [-0.39, 0.29) is 11.8 Å². The van der Waals surface area contributed by atoms with Crippen LogP contribution in [0.25, 0.3) is 0 Å². The molecule has 13 heavy (non-hydrogen) atoms. The van der Waals surface area contributed by atoms with Crippen molar-refractivity contribution in [2.45, 2.75) is 19.4 Å². The predicted octanol–water partition coefficient (Wildman–Crippen LogP) is 1.21. The number of aromatic nitrogens is 2. The smallest absolute Gasteiger partial charge is 0.356 e. The maximum Gasteiger partial charge on any atom is 0.356 e. The Morgan fingerprint density at radius 2 is 2.54 bits per heavy atom. The number of H-pyrrole nitrogens is 1. The molecule has 1 atom stereocenters. The lowest BCUT2D eigenvalue weighted by Crippen LogP contribution is -1.99. The standard InChI is InChI=1S/C8H12N2O3/c1-3-7(13-2)5-4-6(8(11)12)10-9-5/h4,7H,3H2,1-2H3,(H,9,10)(H,11,12). The first-order chi connectivity index (χ1) is 6.19. The molecule has 0 amide bonds. The third-order valence-electron chi connectivity index (χ3n) is 1.82. The van der Waals surface area contributed by atoms with Crippen LogP contribution in [0.4, 0.5) is 0 Å². The Morgan fingerprint density at radius 3 is 2.92 bits per heavy atom. The molecule has 0 aliphatic carbocycles. The van der Waals surface area contributed by atoms with Crippen molar-refractivity contribution in [3.63, 3.8) is 0 Å². The molecule has 72 valence electrons. The van der Waals surface area contributed by atoms with Crippen LogP contribution in [0.3, 0.4) is 0 Å². The topological polar surface area (TPSA) is 75.2 Å². The molecule has 1 unspecified atom stereocenters. The van der Waals surface area contributed by atoms with Gasteiger partial charge in [-0.3, -0.25) is 5.10 Å². The number of aromatic amines is 1. The van der Waals surface area contributed by atoms with Crippen LogP contribution in [0.15, 0.2) is 6.07 Å². The lowest BCUT2D eigenvalue weighted by molar-refractivity contribution is 0.0690. The number of nitrogens with zero attached hydrogens (tertiary/aromatic N) is 1. The summed E-state index contributed by atoms with van der Waals surface area (Å²) < 4.78 is 5.11. The Kier molecular flexibility index (Phi) is 3.02. The second-order valence-corrected chi connectivity index (χ2v) is 2.65. The molecule has 2 N–H and O–H groups in total. The van der Waals surface area contributed by atoms with Gasteiger partial charge < -0.3 is 9.84 Å². The zero-order chi connectivity index (χ0) is 9.84. The van der Waals surface area contributed by atoms with E-state index in [4.69, 9.17) is 9.84 Å². The van der Waals surface area contributed by atoms with Gasteiger partial charge >= 0.3 is 5.97 Å². The summed E-state index contributed by atoms with van der Waals surface area (Å²) in [6.45, 7) is 1.95. The van der Waals surface area contributed by atoms with Crippen molar-refractivity contribution in [3.8, 4) is 0 Å². The molecule has 5 nitrogen and oxygen atoms in total. The maximum absolute atomic E-state index is 10.5. The average molecular weight is 184 g/mol. The third-order valence-corrected chi connectivity index (χ3v) is 1.82. The van der Waals surface area contributed by atoms with Crippen molar-refractivity contribution < 1.29 is 14.6 Å². The normalized spacial score (nSPS) is 12.8. The Hall–Kier alpha value is -1.36. The van der Waals surface area contributed by atoms with Gasteiger partial charge in [0.15, 0.2) is 5.69 Å². The van der Waals surface area contributed by atoms with E-state index in [1.807, 2.05) is 6.92 Å². The van der Waals surface area contributed by atoms with Crippen molar-refractivity contribution in [2.75, 3.05) is 7.11 Å². The molecule has 1 heterocycles. The molecule has 1 rings (SSSR count). The van der Waals surface area contributed by atoms with E-state index in [0.717, 1.165) is 6.42 Å². The van der Waals surface area contributed by atoms with Crippen LogP contribution in [0.2, 0.25) is 0 Å². The van der Waals surface area contributed by atoms with Crippen molar-refractivity contribution in [3.05, 3.63) is 17.5 Å². The SMILES string of the molecule is CCC(OC)c1cc(C(=O)O)n[nH]1. The number of carboxylic acids is 1. The number of aromatic carboxylic acids is 1. The molecule has 0 bridgehead atoms. The molecule has 0 aliphatic rings. The van der Waals surface area contributed by atoms with Crippen LogP contribution in [0.1, 0.15) is 35.6 Å². The minimum atomic E-state index is -1.03. The predicted molar refractivity (Wildman–Crippen MR) is 45.6 cm³/mol. The molecule has 0 radical (unpaired) electrons. The van der Waals surface area contributed by atoms with Gasteiger partial charge in [-0.15, -0.1) is 0 Å². The highest BCUT2D eigenvalue weighted by atomic mass is 16.5. The third kappa shape index (κ3) is 2.06. The van der Waals surface area contributed by atoms with Crippen LogP contribution in [-0.2, 0) is 4.74 Å². The summed E-state index contributed by atoms with van der Waals surface area (Å²) in [6.07, 6.45) is 0.665. The molecule has 5 heteroatoms. The number of hydrogen-bond acceptors (Lipinski definition) is 3. The Labute approximate surface area is 75.7 Å². The molecular formula is C8H12N2O3. The first-order valence-corrected chi connectivity index (χ1v) is 4.00. The van der Waals surface area contributed by atoms with Gasteiger partial charge in [-0.05, 0) is 12.5 Å². The summed E-state index contributed by atoms with van der Waals surface area (Å²) >= 11 is 0. The molecule has 0 fully saturated rings. The molecular weight excluding hydrogens is 172 g/mol. The summed E-state index contributed by atoms with van der Waals surface area (Å²) in [5.41, 5.74) is 0.716. The molecule has 0 spiro atoms. The molecule has 1 aromatic rings. The quantitative estimate of drug-likeness (QED) is 0.737. The lowest BCUT2D eigenvalue weighted by Gasteiger charge is -2.08. The summed E-state index contributed by atoms with van der Waals surface area (Å²) in [5.74, 6) is -1.03. The van der Waals surface area contributed by atoms with Crippen LogP contribution in [0, 0.1) is 0 Å². The first-order valence-electron chi connectivity index (χ1n) is 4.00. The highest BCUT2D eigenvalue weighted by molar-refractivity contribution is 5.85. The zero-order valence-corrected chi connectivity index (χ0v) is 7.57. The van der Waals surface area contributed by atoms with Crippen LogP contribution in [-0.4, -0.2) is 28.4 Å². The van der Waals surface area contributed by atoms with Crippen molar-refractivity contribution in [2.24, 2.45) is 0 Å². The Bertz CT molecular complexity index is 291. The number of methoxy groups -OCH3 is 1. The number of carbonyl (C=O) groups is 1. The monoisotopic (exact) mass is 184 g/mol. The van der Waals surface area contributed by atoms with Gasteiger partial charge in [-0.1, -0.05) is 6.92 Å². The van der Waals surface area contributed by atoms with E-state index in [1.165, 1.54) is 6.07 Å². The van der Waals surface area contributed by atoms with Gasteiger partial charge in [0.2, 0.25) is 0 Å². The Morgan fingerprint density at radius 1 is 1.85 bits per heavy atom. The maximum atomic E-state index is 10.5. The molecule has 1 aromatic heterocycles. The minimum absolute atomic E-state index is 0.0190. The van der Waals surface area contributed by atoms with E-state index in [2.05, 4.69) is 10.2 Å². The highest BCUT2D eigenvalue weighted by Gasteiger charge is 2.14. The minimum Gasteiger partial charge on any atom is -0.476 e. The van der Waals surface area contributed by atoms with Gasteiger partial charge in [-0.2, -0.15) is 5.10 Å². The number of nitrogens with one attached hydrogen (secondary N) is 1. The summed E-state index contributed by atoms with van der Waals surface area (Å²) in [5, 5.41) is 14.9. The van der Waals surface area contributed by atoms with Gasteiger partial charge in [-0.25, -0.2) is 4.79 Å². The van der Waals surface area contributed by atoms with Crippen molar-refractivity contribution >= 4 is 5.97 Å². The molecule has 0 saturated heterocycles. The highest BCUT2D eigenvalue weighted by Crippen LogP contribution is 2.17. The average Bonchev–Trinajstić information content (AvgIpc) is 2.56. The van der Waals surface area contributed by atoms with E-state index in [0.29, 0.717) is 5.69 Å². The second kappa shape index (κ2) is 4.04. The summed E-state index contributed by atoms with van der Waals surface area (Å²) in [6, 6.07) is 1.49. The number of hydrogen-bond donors (Lipinski definition) is 2. The van der Waals surface area contributed by atoms with Gasteiger partial charge in [0.05, 0.1) is 11.8 Å². The number of rotatable bonds is 4. The van der Waals surface area contributed by atoms with Crippen LogP contribution >= 0.6 is 0 Å². The zero-order valence-electron chi connectivity index (χ0n) is 7.57. The van der Waals surface area contributed by atoms with E-state index in [1.54, 1.807) is 7.11 Å². The van der Waals surface area contributed by atoms with E-state index < -0.39 is 5.97 Å². The van der Waals surface area contributed by atoms with Gasteiger partial charge in [0, 0.05) is 7.11 Å². The van der Waals surface area contributed by atoms with Crippen molar-refractivity contribution in [1.29, 1.82) is 0 Å². The summed E-state index contributed by atoms with van der Waals surface area (Å²) in [4.78, 5) is 10.5. The summed E-state index contributed by atoms with van der Waals surface area (Å²) in [7, 11) is 1.58. The fraction of sp³-hybridized carbons (Fsp3) is 0.500. The van der Waals surface area contributed by atoms with Crippen molar-refractivity contribution in [1.82, 2.24) is 10.2 Å². The fourth-order valence-electron chi connectivity index (χ4n) is 1.12. The largest absolute Gasteiger partial charge is 0.476 e. The Balaban J connectivity index is 2.84. The first kappa shape index (κ1) is 9.73. The van der Waals surface area contributed by atoms with Gasteiger partial charge in [0.1, 0.15) is 0 Å². The van der Waals surface area contributed by atoms with Crippen LogP contribution in [0.5, 0.6) is 0 Å².